The summed E-state index contributed by atoms with van der Waals surface area (Å²) in [7, 11) is 1.80. The number of nitrogens with one attached hydrogen (secondary N) is 1. The van der Waals surface area contributed by atoms with E-state index < -0.39 is 0 Å². The Morgan fingerprint density at radius 1 is 1.69 bits per heavy atom. The summed E-state index contributed by atoms with van der Waals surface area (Å²) in [6.07, 6.45) is 2.44. The standard InChI is InChI=1S/C9H18N2O2/c1-3-10-9(12)11(2)7-8-5-4-6-13-8/h8H,3-7H2,1-2H3,(H,10,12). The number of ether oxygens (including phenoxy) is 1. The molecular formula is C9H18N2O2. The molecule has 1 saturated heterocycles. The van der Waals surface area contributed by atoms with Crippen molar-refractivity contribution in [3.05, 3.63) is 0 Å². The Morgan fingerprint density at radius 3 is 3.00 bits per heavy atom. The molecular weight excluding hydrogens is 168 g/mol. The molecule has 0 bridgehead atoms. The Bertz CT molecular complexity index is 167. The first kappa shape index (κ1) is 10.3. The van der Waals surface area contributed by atoms with Gasteiger partial charge in [-0.1, -0.05) is 0 Å². The van der Waals surface area contributed by atoms with Crippen molar-refractivity contribution < 1.29 is 9.53 Å². The van der Waals surface area contributed by atoms with Crippen molar-refractivity contribution in [3.63, 3.8) is 0 Å². The van der Waals surface area contributed by atoms with Crippen LogP contribution in [0, 0.1) is 0 Å². The molecule has 0 aromatic rings. The smallest absolute Gasteiger partial charge is 0.317 e. The predicted octanol–water partition coefficient (Wildman–Crippen LogP) is 0.827. The number of likely N-dealkylation sites (N-methyl/N-ethyl adjacent to an activating group) is 1. The lowest BCUT2D eigenvalue weighted by Gasteiger charge is -2.20. The van der Waals surface area contributed by atoms with Crippen LogP contribution in [-0.4, -0.2) is 43.8 Å². The Labute approximate surface area is 79.2 Å². The first-order valence-electron chi connectivity index (χ1n) is 4.84. The lowest BCUT2D eigenvalue weighted by atomic mass is 10.2. The molecule has 0 radical (unpaired) electrons. The molecule has 1 heterocycles. The van der Waals surface area contributed by atoms with Gasteiger partial charge in [-0.2, -0.15) is 0 Å². The van der Waals surface area contributed by atoms with E-state index in [9.17, 15) is 4.79 Å². The number of hydrogen-bond donors (Lipinski definition) is 1. The maximum absolute atomic E-state index is 11.3. The zero-order valence-corrected chi connectivity index (χ0v) is 8.38. The molecule has 1 aliphatic heterocycles. The molecule has 1 atom stereocenters. The van der Waals surface area contributed by atoms with Crippen LogP contribution in [0.3, 0.4) is 0 Å². The number of amides is 2. The molecule has 1 rings (SSSR count). The first-order valence-corrected chi connectivity index (χ1v) is 4.84. The van der Waals surface area contributed by atoms with E-state index in [0.717, 1.165) is 19.4 Å². The average molecular weight is 186 g/mol. The van der Waals surface area contributed by atoms with Crippen molar-refractivity contribution in [2.75, 3.05) is 26.7 Å². The number of urea groups is 1. The maximum Gasteiger partial charge on any atom is 0.317 e. The molecule has 4 nitrogen and oxygen atoms in total. The van der Waals surface area contributed by atoms with Gasteiger partial charge in [-0.15, -0.1) is 0 Å². The molecule has 0 aromatic carbocycles. The SMILES string of the molecule is CCNC(=O)N(C)CC1CCCO1. The van der Waals surface area contributed by atoms with Gasteiger partial charge in [-0.25, -0.2) is 4.79 Å². The summed E-state index contributed by atoms with van der Waals surface area (Å²) in [5.74, 6) is 0. The molecule has 1 fully saturated rings. The van der Waals surface area contributed by atoms with Crippen LogP contribution < -0.4 is 5.32 Å². The van der Waals surface area contributed by atoms with Crippen LogP contribution in [0.2, 0.25) is 0 Å². The molecule has 0 spiro atoms. The molecule has 4 heteroatoms. The molecule has 2 amide bonds. The Balaban J connectivity index is 2.22. The largest absolute Gasteiger partial charge is 0.376 e. The van der Waals surface area contributed by atoms with Crippen LogP contribution in [0.1, 0.15) is 19.8 Å². The second kappa shape index (κ2) is 5.07. The van der Waals surface area contributed by atoms with Crippen LogP contribution in [0.5, 0.6) is 0 Å². The van der Waals surface area contributed by atoms with Crippen molar-refractivity contribution in [2.24, 2.45) is 0 Å². The number of hydrogen-bond acceptors (Lipinski definition) is 2. The number of nitrogens with zero attached hydrogens (tertiary/aromatic N) is 1. The summed E-state index contributed by atoms with van der Waals surface area (Å²) in [4.78, 5) is 13.0. The monoisotopic (exact) mass is 186 g/mol. The van der Waals surface area contributed by atoms with Gasteiger partial charge in [0.05, 0.1) is 6.10 Å². The van der Waals surface area contributed by atoms with E-state index >= 15 is 0 Å². The lowest BCUT2D eigenvalue weighted by molar-refractivity contribution is 0.0875. The lowest BCUT2D eigenvalue weighted by Crippen LogP contribution is -2.41. The van der Waals surface area contributed by atoms with Crippen molar-refractivity contribution in [2.45, 2.75) is 25.9 Å². The van der Waals surface area contributed by atoms with E-state index in [1.807, 2.05) is 6.92 Å². The van der Waals surface area contributed by atoms with E-state index in [2.05, 4.69) is 5.32 Å². The highest BCUT2D eigenvalue weighted by atomic mass is 16.5. The van der Waals surface area contributed by atoms with Gasteiger partial charge in [0.1, 0.15) is 0 Å². The fraction of sp³-hybridized carbons (Fsp3) is 0.889. The Morgan fingerprint density at radius 2 is 2.46 bits per heavy atom. The van der Waals surface area contributed by atoms with Gasteiger partial charge < -0.3 is 15.0 Å². The van der Waals surface area contributed by atoms with E-state index in [1.165, 1.54) is 0 Å². The van der Waals surface area contributed by atoms with E-state index in [-0.39, 0.29) is 12.1 Å². The normalized spacial score (nSPS) is 21.5. The summed E-state index contributed by atoms with van der Waals surface area (Å²) in [6, 6.07) is -0.0157. The van der Waals surface area contributed by atoms with Gasteiger partial charge in [0.15, 0.2) is 0 Å². The molecule has 1 unspecified atom stereocenters. The van der Waals surface area contributed by atoms with Crippen molar-refractivity contribution in [3.8, 4) is 0 Å². The van der Waals surface area contributed by atoms with E-state index in [1.54, 1.807) is 11.9 Å². The first-order chi connectivity index (χ1) is 6.24. The van der Waals surface area contributed by atoms with Crippen LogP contribution >= 0.6 is 0 Å². The highest BCUT2D eigenvalue weighted by Crippen LogP contribution is 2.12. The number of carbonyl (C=O) groups excluding carboxylic acids is 1. The van der Waals surface area contributed by atoms with E-state index in [0.29, 0.717) is 13.1 Å². The van der Waals surface area contributed by atoms with Gasteiger partial charge in [0.25, 0.3) is 0 Å². The van der Waals surface area contributed by atoms with Crippen LogP contribution in [0.25, 0.3) is 0 Å². The molecule has 0 saturated carbocycles. The van der Waals surface area contributed by atoms with Gasteiger partial charge in [-0.3, -0.25) is 0 Å². The Kier molecular flexibility index (Phi) is 4.02. The third-order valence-corrected chi connectivity index (χ3v) is 2.18. The van der Waals surface area contributed by atoms with Crippen LogP contribution in [0.15, 0.2) is 0 Å². The van der Waals surface area contributed by atoms with Crippen molar-refractivity contribution >= 4 is 6.03 Å². The maximum atomic E-state index is 11.3. The van der Waals surface area contributed by atoms with E-state index in [4.69, 9.17) is 4.74 Å². The molecule has 13 heavy (non-hydrogen) atoms. The van der Waals surface area contributed by atoms with Gasteiger partial charge in [0, 0.05) is 26.7 Å². The average Bonchev–Trinajstić information content (AvgIpc) is 2.57. The van der Waals surface area contributed by atoms with Crippen molar-refractivity contribution in [1.82, 2.24) is 10.2 Å². The summed E-state index contributed by atoms with van der Waals surface area (Å²) < 4.78 is 5.43. The summed E-state index contributed by atoms with van der Waals surface area (Å²) >= 11 is 0. The fourth-order valence-corrected chi connectivity index (χ4v) is 1.46. The zero-order valence-electron chi connectivity index (χ0n) is 8.38. The molecule has 0 aliphatic carbocycles. The zero-order chi connectivity index (χ0) is 9.68. The van der Waals surface area contributed by atoms with Gasteiger partial charge in [0.2, 0.25) is 0 Å². The predicted molar refractivity (Wildman–Crippen MR) is 50.7 cm³/mol. The molecule has 0 aromatic heterocycles. The van der Waals surface area contributed by atoms with Crippen LogP contribution in [-0.2, 0) is 4.74 Å². The van der Waals surface area contributed by atoms with Gasteiger partial charge >= 0.3 is 6.03 Å². The third-order valence-electron chi connectivity index (χ3n) is 2.18. The minimum absolute atomic E-state index is 0.0157. The van der Waals surface area contributed by atoms with Crippen molar-refractivity contribution in [1.29, 1.82) is 0 Å². The summed E-state index contributed by atoms with van der Waals surface area (Å²) in [5.41, 5.74) is 0. The summed E-state index contributed by atoms with van der Waals surface area (Å²) in [6.45, 7) is 4.13. The summed E-state index contributed by atoms with van der Waals surface area (Å²) in [5, 5.41) is 2.75. The number of rotatable bonds is 3. The van der Waals surface area contributed by atoms with Crippen LogP contribution in [0.4, 0.5) is 4.79 Å². The Hall–Kier alpha value is -0.770. The second-order valence-electron chi connectivity index (χ2n) is 3.35. The highest BCUT2D eigenvalue weighted by molar-refractivity contribution is 5.73. The highest BCUT2D eigenvalue weighted by Gasteiger charge is 2.19. The molecule has 76 valence electrons. The second-order valence-corrected chi connectivity index (χ2v) is 3.35. The molecule has 1 aliphatic rings. The third kappa shape index (κ3) is 3.22. The molecule has 1 N–H and O–H groups in total. The minimum atomic E-state index is -0.0157. The number of carbonyl (C=O) groups is 1. The fourth-order valence-electron chi connectivity index (χ4n) is 1.46. The minimum Gasteiger partial charge on any atom is -0.376 e. The quantitative estimate of drug-likeness (QED) is 0.709. The topological polar surface area (TPSA) is 41.6 Å². The van der Waals surface area contributed by atoms with Gasteiger partial charge in [-0.05, 0) is 19.8 Å².